The van der Waals surface area contributed by atoms with Crippen LogP contribution in [-0.2, 0) is 4.79 Å². The van der Waals surface area contributed by atoms with E-state index in [1.165, 1.54) is 0 Å². The van der Waals surface area contributed by atoms with Crippen LogP contribution in [0.1, 0.15) is 30.9 Å². The van der Waals surface area contributed by atoms with Crippen molar-refractivity contribution in [2.24, 2.45) is 0 Å². The Bertz CT molecular complexity index is 327. The number of carbonyl (C=O) groups is 1. The smallest absolute Gasteiger partial charge is 0.303 e. The minimum Gasteiger partial charge on any atom is -0.481 e. The Labute approximate surface area is 101 Å². The van der Waals surface area contributed by atoms with Crippen molar-refractivity contribution in [3.05, 3.63) is 35.9 Å². The first-order chi connectivity index (χ1) is 8.24. The quantitative estimate of drug-likeness (QED) is 0.600. The number of rotatable bonds is 8. The highest BCUT2D eigenvalue weighted by Crippen LogP contribution is 2.11. The van der Waals surface area contributed by atoms with Crippen molar-refractivity contribution in [1.82, 2.24) is 5.32 Å². The van der Waals surface area contributed by atoms with E-state index in [0.29, 0.717) is 13.0 Å². The lowest BCUT2D eigenvalue weighted by atomic mass is 10.1. The molecule has 0 aliphatic rings. The van der Waals surface area contributed by atoms with Crippen molar-refractivity contribution in [2.45, 2.75) is 25.3 Å². The number of hydrogen-bond donors (Lipinski definition) is 3. The molecule has 0 spiro atoms. The molecule has 0 aliphatic carbocycles. The van der Waals surface area contributed by atoms with Gasteiger partial charge in [-0.05, 0) is 24.9 Å². The second kappa shape index (κ2) is 7.81. The van der Waals surface area contributed by atoms with Crippen molar-refractivity contribution >= 4 is 5.97 Å². The number of benzene rings is 1. The minimum absolute atomic E-state index is 0.0446. The molecular formula is C13H19NO3. The molecule has 0 saturated carbocycles. The average Bonchev–Trinajstić information content (AvgIpc) is 2.34. The molecule has 0 amide bonds. The highest BCUT2D eigenvalue weighted by Gasteiger charge is 2.08. The predicted molar refractivity (Wildman–Crippen MR) is 65.8 cm³/mol. The number of aliphatic carboxylic acids is 1. The molecular weight excluding hydrogens is 218 g/mol. The van der Waals surface area contributed by atoms with Gasteiger partial charge in [-0.25, -0.2) is 0 Å². The fourth-order valence-electron chi connectivity index (χ4n) is 1.65. The number of hydrogen-bond acceptors (Lipinski definition) is 3. The monoisotopic (exact) mass is 237 g/mol. The predicted octanol–water partition coefficient (Wildman–Crippen LogP) is 1.56. The number of carboxylic acids is 1. The lowest BCUT2D eigenvalue weighted by Gasteiger charge is -2.16. The molecule has 94 valence electrons. The molecule has 0 fully saturated rings. The Hall–Kier alpha value is -1.39. The Kier molecular flexibility index (Phi) is 6.29. The summed E-state index contributed by atoms with van der Waals surface area (Å²) in [5.74, 6) is -0.758. The third kappa shape index (κ3) is 5.47. The van der Waals surface area contributed by atoms with Crippen LogP contribution in [0.4, 0.5) is 0 Å². The summed E-state index contributed by atoms with van der Waals surface area (Å²) in [7, 11) is 0. The topological polar surface area (TPSA) is 69.6 Å². The maximum Gasteiger partial charge on any atom is 0.303 e. The highest BCUT2D eigenvalue weighted by atomic mass is 16.4. The van der Waals surface area contributed by atoms with Gasteiger partial charge < -0.3 is 15.5 Å². The van der Waals surface area contributed by atoms with Gasteiger partial charge in [0, 0.05) is 6.42 Å². The largest absolute Gasteiger partial charge is 0.481 e. The van der Waals surface area contributed by atoms with Gasteiger partial charge in [-0.3, -0.25) is 4.79 Å². The average molecular weight is 237 g/mol. The maximum atomic E-state index is 10.3. The summed E-state index contributed by atoms with van der Waals surface area (Å²) >= 11 is 0. The second-order valence-corrected chi connectivity index (χ2v) is 3.95. The van der Waals surface area contributed by atoms with E-state index in [1.807, 2.05) is 30.3 Å². The van der Waals surface area contributed by atoms with Crippen LogP contribution in [-0.4, -0.2) is 29.3 Å². The molecule has 17 heavy (non-hydrogen) atoms. The van der Waals surface area contributed by atoms with E-state index in [0.717, 1.165) is 12.0 Å². The molecule has 0 saturated heterocycles. The Morgan fingerprint density at radius 1 is 1.24 bits per heavy atom. The van der Waals surface area contributed by atoms with Crippen molar-refractivity contribution in [3.63, 3.8) is 0 Å². The van der Waals surface area contributed by atoms with Crippen molar-refractivity contribution in [3.8, 4) is 0 Å². The lowest BCUT2D eigenvalue weighted by molar-refractivity contribution is -0.137. The second-order valence-electron chi connectivity index (χ2n) is 3.95. The Morgan fingerprint density at radius 3 is 2.53 bits per heavy atom. The molecule has 4 heteroatoms. The fourth-order valence-corrected chi connectivity index (χ4v) is 1.65. The number of carboxylic acid groups (broad SMARTS) is 1. The van der Waals surface area contributed by atoms with Crippen molar-refractivity contribution in [2.75, 3.05) is 13.2 Å². The minimum atomic E-state index is -0.758. The number of unbranched alkanes of at least 4 members (excludes halogenated alkanes) is 1. The van der Waals surface area contributed by atoms with Crippen LogP contribution in [0.2, 0.25) is 0 Å². The third-order valence-corrected chi connectivity index (χ3v) is 2.59. The van der Waals surface area contributed by atoms with Crippen LogP contribution in [0.15, 0.2) is 30.3 Å². The molecule has 1 atom stereocenters. The van der Waals surface area contributed by atoms with Gasteiger partial charge in [0.05, 0.1) is 12.6 Å². The Balaban J connectivity index is 2.26. The fraction of sp³-hybridized carbons (Fsp3) is 0.462. The molecule has 1 aromatic rings. The summed E-state index contributed by atoms with van der Waals surface area (Å²) < 4.78 is 0. The van der Waals surface area contributed by atoms with E-state index in [9.17, 15) is 9.90 Å². The van der Waals surface area contributed by atoms with Crippen LogP contribution in [0.3, 0.4) is 0 Å². The first-order valence-corrected chi connectivity index (χ1v) is 5.85. The molecule has 1 aromatic carbocycles. The molecule has 0 aromatic heterocycles. The van der Waals surface area contributed by atoms with Crippen LogP contribution in [0, 0.1) is 0 Å². The van der Waals surface area contributed by atoms with E-state index in [4.69, 9.17) is 5.11 Å². The third-order valence-electron chi connectivity index (χ3n) is 2.59. The number of nitrogens with one attached hydrogen (secondary N) is 1. The molecule has 3 N–H and O–H groups in total. The van der Waals surface area contributed by atoms with Crippen LogP contribution in [0.5, 0.6) is 0 Å². The first kappa shape index (κ1) is 13.7. The number of aliphatic hydroxyl groups is 1. The van der Waals surface area contributed by atoms with Crippen molar-refractivity contribution in [1.29, 1.82) is 0 Å². The van der Waals surface area contributed by atoms with E-state index < -0.39 is 5.97 Å². The standard InChI is InChI=1S/C13H19NO3/c15-10-12(11-6-2-1-3-7-11)14-9-5-4-8-13(16)17/h1-3,6-7,12,14-15H,4-5,8-10H2,(H,16,17). The molecule has 4 nitrogen and oxygen atoms in total. The van der Waals surface area contributed by atoms with Gasteiger partial charge in [-0.15, -0.1) is 0 Å². The summed E-state index contributed by atoms with van der Waals surface area (Å²) in [5, 5.41) is 21.0. The van der Waals surface area contributed by atoms with Gasteiger partial charge in [-0.2, -0.15) is 0 Å². The van der Waals surface area contributed by atoms with E-state index in [-0.39, 0.29) is 19.1 Å². The first-order valence-electron chi connectivity index (χ1n) is 5.85. The lowest BCUT2D eigenvalue weighted by Crippen LogP contribution is -2.25. The van der Waals surface area contributed by atoms with E-state index in [1.54, 1.807) is 0 Å². The zero-order chi connectivity index (χ0) is 12.5. The zero-order valence-corrected chi connectivity index (χ0v) is 9.80. The van der Waals surface area contributed by atoms with Gasteiger partial charge in [0.15, 0.2) is 0 Å². The molecule has 0 bridgehead atoms. The van der Waals surface area contributed by atoms with Crippen LogP contribution in [0.25, 0.3) is 0 Å². The normalized spacial score (nSPS) is 12.3. The van der Waals surface area contributed by atoms with Gasteiger partial charge in [-0.1, -0.05) is 30.3 Å². The molecule has 0 aliphatic heterocycles. The summed E-state index contributed by atoms with van der Waals surface area (Å²) in [6.45, 7) is 0.760. The van der Waals surface area contributed by atoms with E-state index in [2.05, 4.69) is 5.32 Å². The van der Waals surface area contributed by atoms with Gasteiger partial charge >= 0.3 is 5.97 Å². The summed E-state index contributed by atoms with van der Waals surface area (Å²) in [5.41, 5.74) is 1.05. The van der Waals surface area contributed by atoms with Gasteiger partial charge in [0.25, 0.3) is 0 Å². The maximum absolute atomic E-state index is 10.3. The molecule has 1 unspecified atom stereocenters. The van der Waals surface area contributed by atoms with Crippen LogP contribution >= 0.6 is 0 Å². The SMILES string of the molecule is O=C(O)CCCCNC(CO)c1ccccc1. The summed E-state index contributed by atoms with van der Waals surface area (Å²) in [6, 6.07) is 9.66. The van der Waals surface area contributed by atoms with Crippen LogP contribution < -0.4 is 5.32 Å². The molecule has 1 rings (SSSR count). The Morgan fingerprint density at radius 2 is 1.94 bits per heavy atom. The van der Waals surface area contributed by atoms with E-state index >= 15 is 0 Å². The van der Waals surface area contributed by atoms with Gasteiger partial charge in [0.2, 0.25) is 0 Å². The molecule has 0 radical (unpaired) electrons. The zero-order valence-electron chi connectivity index (χ0n) is 9.80. The summed E-state index contributed by atoms with van der Waals surface area (Å²) in [4.78, 5) is 10.3. The summed E-state index contributed by atoms with van der Waals surface area (Å²) in [6.07, 6.45) is 1.67. The van der Waals surface area contributed by atoms with Crippen molar-refractivity contribution < 1.29 is 15.0 Å². The molecule has 0 heterocycles. The number of aliphatic hydroxyl groups excluding tert-OH is 1. The van der Waals surface area contributed by atoms with Gasteiger partial charge in [0.1, 0.15) is 0 Å². The highest BCUT2D eigenvalue weighted by molar-refractivity contribution is 5.66.